The van der Waals surface area contributed by atoms with Gasteiger partial charge in [0.1, 0.15) is 4.88 Å². The predicted molar refractivity (Wildman–Crippen MR) is 82.2 cm³/mol. The van der Waals surface area contributed by atoms with Gasteiger partial charge in [0, 0.05) is 6.92 Å². The van der Waals surface area contributed by atoms with E-state index < -0.39 is 5.97 Å². The lowest BCUT2D eigenvalue weighted by Crippen LogP contribution is -2.12. The number of methoxy groups -OCH3 is 1. The summed E-state index contributed by atoms with van der Waals surface area (Å²) in [6.45, 7) is 1.40. The molecule has 6 nitrogen and oxygen atoms in total. The van der Waals surface area contributed by atoms with E-state index in [4.69, 9.17) is 0 Å². The van der Waals surface area contributed by atoms with E-state index in [1.807, 2.05) is 0 Å². The molecule has 0 unspecified atom stereocenters. The lowest BCUT2D eigenvalue weighted by atomic mass is 10.3. The van der Waals surface area contributed by atoms with Gasteiger partial charge in [-0.3, -0.25) is 9.59 Å². The number of ether oxygens (including phenoxy) is 1. The van der Waals surface area contributed by atoms with E-state index in [2.05, 4.69) is 15.4 Å². The standard InChI is InChI=1S/C13H12N2O4S2/c1-7(16)14-10-4-3-9(21-10)12(17)15-8-5-6-20-11(8)13(18)19-2/h3-6H,1-2H3,(H,14,16)(H,15,17). The van der Waals surface area contributed by atoms with Crippen molar-refractivity contribution in [2.24, 2.45) is 0 Å². The molecular formula is C13H12N2O4S2. The lowest BCUT2D eigenvalue weighted by molar-refractivity contribution is -0.114. The van der Waals surface area contributed by atoms with Crippen LogP contribution in [0.1, 0.15) is 26.3 Å². The molecule has 0 aliphatic heterocycles. The van der Waals surface area contributed by atoms with Crippen LogP contribution in [-0.2, 0) is 9.53 Å². The molecule has 0 spiro atoms. The van der Waals surface area contributed by atoms with Crippen molar-refractivity contribution >= 4 is 51.1 Å². The van der Waals surface area contributed by atoms with E-state index in [1.165, 1.54) is 25.4 Å². The molecular weight excluding hydrogens is 312 g/mol. The van der Waals surface area contributed by atoms with E-state index >= 15 is 0 Å². The summed E-state index contributed by atoms with van der Waals surface area (Å²) < 4.78 is 4.65. The minimum atomic E-state index is -0.495. The summed E-state index contributed by atoms with van der Waals surface area (Å²) in [5.74, 6) is -1.04. The van der Waals surface area contributed by atoms with Gasteiger partial charge >= 0.3 is 5.97 Å². The summed E-state index contributed by atoms with van der Waals surface area (Å²) in [6.07, 6.45) is 0. The molecule has 0 saturated carbocycles. The normalized spacial score (nSPS) is 10.0. The molecule has 2 rings (SSSR count). The fourth-order valence-corrected chi connectivity index (χ4v) is 3.16. The van der Waals surface area contributed by atoms with Gasteiger partial charge < -0.3 is 15.4 Å². The first kappa shape index (κ1) is 15.2. The Bertz CT molecular complexity index is 690. The van der Waals surface area contributed by atoms with Crippen LogP contribution in [0.25, 0.3) is 0 Å². The minimum Gasteiger partial charge on any atom is -0.465 e. The average Bonchev–Trinajstić information content (AvgIpc) is 3.06. The van der Waals surface area contributed by atoms with Crippen LogP contribution in [0, 0.1) is 0 Å². The van der Waals surface area contributed by atoms with E-state index in [-0.39, 0.29) is 11.8 Å². The van der Waals surface area contributed by atoms with Crippen molar-refractivity contribution in [1.82, 2.24) is 0 Å². The average molecular weight is 324 g/mol. The fraction of sp³-hybridized carbons (Fsp3) is 0.154. The van der Waals surface area contributed by atoms with Crippen molar-refractivity contribution in [1.29, 1.82) is 0 Å². The number of amides is 2. The Balaban J connectivity index is 2.11. The summed E-state index contributed by atoms with van der Waals surface area (Å²) >= 11 is 2.34. The Morgan fingerprint density at radius 3 is 2.57 bits per heavy atom. The molecule has 0 aromatic carbocycles. The summed E-state index contributed by atoms with van der Waals surface area (Å²) in [4.78, 5) is 35.4. The molecule has 0 fully saturated rings. The van der Waals surface area contributed by atoms with Crippen LogP contribution in [0.2, 0.25) is 0 Å². The number of nitrogens with one attached hydrogen (secondary N) is 2. The molecule has 0 bridgehead atoms. The van der Waals surface area contributed by atoms with Crippen molar-refractivity contribution < 1.29 is 19.1 Å². The van der Waals surface area contributed by atoms with Gasteiger partial charge in [0.15, 0.2) is 0 Å². The van der Waals surface area contributed by atoms with Crippen molar-refractivity contribution in [3.63, 3.8) is 0 Å². The number of anilines is 2. The van der Waals surface area contributed by atoms with Crippen LogP contribution < -0.4 is 10.6 Å². The van der Waals surface area contributed by atoms with Gasteiger partial charge in [-0.2, -0.15) is 0 Å². The number of carbonyl (C=O) groups excluding carboxylic acids is 3. The van der Waals surface area contributed by atoms with Gasteiger partial charge in [-0.15, -0.1) is 22.7 Å². The lowest BCUT2D eigenvalue weighted by Gasteiger charge is -2.03. The van der Waals surface area contributed by atoms with Crippen LogP contribution in [0.4, 0.5) is 10.7 Å². The molecule has 0 saturated heterocycles. The molecule has 0 radical (unpaired) electrons. The Morgan fingerprint density at radius 2 is 1.90 bits per heavy atom. The molecule has 2 amide bonds. The molecule has 0 atom stereocenters. The highest BCUT2D eigenvalue weighted by Gasteiger charge is 2.17. The zero-order valence-corrected chi connectivity index (χ0v) is 12.9. The maximum atomic E-state index is 12.1. The second-order valence-corrected chi connectivity index (χ2v) is 5.95. The third-order valence-corrected chi connectivity index (χ3v) is 4.31. The highest BCUT2D eigenvalue weighted by molar-refractivity contribution is 7.18. The van der Waals surface area contributed by atoms with Gasteiger partial charge in [0.25, 0.3) is 5.91 Å². The fourth-order valence-electron chi connectivity index (χ4n) is 1.54. The van der Waals surface area contributed by atoms with Crippen LogP contribution in [0.15, 0.2) is 23.6 Å². The Labute approximate surface area is 128 Å². The highest BCUT2D eigenvalue weighted by atomic mass is 32.1. The monoisotopic (exact) mass is 324 g/mol. The highest BCUT2D eigenvalue weighted by Crippen LogP contribution is 2.26. The molecule has 2 aromatic heterocycles. The van der Waals surface area contributed by atoms with Gasteiger partial charge in [-0.1, -0.05) is 0 Å². The molecule has 0 aliphatic carbocycles. The van der Waals surface area contributed by atoms with E-state index in [9.17, 15) is 14.4 Å². The smallest absolute Gasteiger partial charge is 0.350 e. The first-order valence-electron chi connectivity index (χ1n) is 5.86. The minimum absolute atomic E-state index is 0.199. The quantitative estimate of drug-likeness (QED) is 0.847. The molecule has 2 N–H and O–H groups in total. The Morgan fingerprint density at radius 1 is 1.14 bits per heavy atom. The SMILES string of the molecule is COC(=O)c1sccc1NC(=O)c1ccc(NC(C)=O)s1. The summed E-state index contributed by atoms with van der Waals surface area (Å²) in [7, 11) is 1.28. The van der Waals surface area contributed by atoms with E-state index in [1.54, 1.807) is 23.6 Å². The number of rotatable bonds is 4. The summed E-state index contributed by atoms with van der Waals surface area (Å²) in [5, 5.41) is 7.54. The molecule has 21 heavy (non-hydrogen) atoms. The van der Waals surface area contributed by atoms with Gasteiger partial charge in [-0.05, 0) is 23.6 Å². The maximum Gasteiger partial charge on any atom is 0.350 e. The van der Waals surface area contributed by atoms with Crippen molar-refractivity contribution in [2.45, 2.75) is 6.92 Å². The van der Waals surface area contributed by atoms with Crippen molar-refractivity contribution in [3.8, 4) is 0 Å². The zero-order chi connectivity index (χ0) is 15.4. The number of esters is 1. The van der Waals surface area contributed by atoms with E-state index in [0.717, 1.165) is 11.3 Å². The van der Waals surface area contributed by atoms with Gasteiger partial charge in [0.05, 0.1) is 22.7 Å². The molecule has 2 heterocycles. The molecule has 110 valence electrons. The third kappa shape index (κ3) is 3.67. The second-order valence-electron chi connectivity index (χ2n) is 3.95. The number of thiophene rings is 2. The zero-order valence-electron chi connectivity index (χ0n) is 11.3. The Hall–Kier alpha value is -2.19. The molecule has 8 heteroatoms. The molecule has 0 aliphatic rings. The molecule has 2 aromatic rings. The third-order valence-electron chi connectivity index (χ3n) is 2.41. The van der Waals surface area contributed by atoms with Gasteiger partial charge in [-0.25, -0.2) is 4.79 Å². The first-order chi connectivity index (χ1) is 10.0. The summed E-state index contributed by atoms with van der Waals surface area (Å²) in [5.41, 5.74) is 0.409. The topological polar surface area (TPSA) is 84.5 Å². The largest absolute Gasteiger partial charge is 0.465 e. The van der Waals surface area contributed by atoms with E-state index in [0.29, 0.717) is 20.4 Å². The van der Waals surface area contributed by atoms with Crippen LogP contribution in [0.3, 0.4) is 0 Å². The second kappa shape index (κ2) is 6.51. The number of hydrogen-bond donors (Lipinski definition) is 2. The predicted octanol–water partition coefficient (Wildman–Crippen LogP) is 2.81. The first-order valence-corrected chi connectivity index (χ1v) is 7.55. The number of hydrogen-bond acceptors (Lipinski definition) is 6. The van der Waals surface area contributed by atoms with Crippen molar-refractivity contribution in [2.75, 3.05) is 17.7 Å². The van der Waals surface area contributed by atoms with Crippen molar-refractivity contribution in [3.05, 3.63) is 33.3 Å². The van der Waals surface area contributed by atoms with Crippen LogP contribution in [-0.4, -0.2) is 24.9 Å². The Kier molecular flexibility index (Phi) is 4.71. The number of carbonyl (C=O) groups is 3. The van der Waals surface area contributed by atoms with Crippen LogP contribution >= 0.6 is 22.7 Å². The summed E-state index contributed by atoms with van der Waals surface area (Å²) in [6, 6.07) is 4.89. The van der Waals surface area contributed by atoms with Crippen LogP contribution in [0.5, 0.6) is 0 Å². The maximum absolute atomic E-state index is 12.1. The van der Waals surface area contributed by atoms with Gasteiger partial charge in [0.2, 0.25) is 5.91 Å².